The van der Waals surface area contributed by atoms with Crippen LogP contribution in [0.15, 0.2) is 90.0 Å². The van der Waals surface area contributed by atoms with Crippen LogP contribution in [0.1, 0.15) is 31.9 Å². The number of β-amino-alcohol motifs (C(OH)–C–C–N with tert-alkyl or cyclic N) is 1. The molecule has 0 bridgehead atoms. The van der Waals surface area contributed by atoms with E-state index in [9.17, 15) is 18.3 Å². The lowest BCUT2D eigenvalue weighted by molar-refractivity contribution is 0.144. The van der Waals surface area contributed by atoms with E-state index in [1.165, 1.54) is 12.1 Å². The first kappa shape index (κ1) is 27.2. The topological polar surface area (TPSA) is 130 Å². The van der Waals surface area contributed by atoms with E-state index in [4.69, 9.17) is 9.84 Å². The number of carbonyl (C=O) groups is 1. The fourth-order valence-electron chi connectivity index (χ4n) is 4.14. The van der Waals surface area contributed by atoms with Crippen LogP contribution in [0.5, 0.6) is 5.75 Å². The number of aliphatic hydroxyl groups is 1. The maximum absolute atomic E-state index is 12.6. The summed E-state index contributed by atoms with van der Waals surface area (Å²) >= 11 is 0. The number of rotatable bonds is 11. The number of aryl methyl sites for hydroxylation is 1. The van der Waals surface area contributed by atoms with Crippen LogP contribution in [-0.4, -0.2) is 41.4 Å². The van der Waals surface area contributed by atoms with Gasteiger partial charge in [0.1, 0.15) is 5.75 Å². The Morgan fingerprint density at radius 3 is 2.53 bits per heavy atom. The monoisotopic (exact) mass is 537 g/mol. The summed E-state index contributed by atoms with van der Waals surface area (Å²) in [5.74, 6) is 0.274. The molecule has 0 amide bonds. The molecule has 4 N–H and O–H groups in total. The second-order valence-electron chi connectivity index (χ2n) is 9.67. The highest BCUT2D eigenvalue weighted by atomic mass is 32.2. The van der Waals surface area contributed by atoms with Crippen molar-refractivity contribution < 1.29 is 28.2 Å². The van der Waals surface area contributed by atoms with Gasteiger partial charge in [-0.3, -0.25) is 4.72 Å². The largest absolute Gasteiger partial charge is 0.511 e. The van der Waals surface area contributed by atoms with Gasteiger partial charge in [0, 0.05) is 41.4 Å². The summed E-state index contributed by atoms with van der Waals surface area (Å²) in [5.41, 5.74) is 1.63. The van der Waals surface area contributed by atoms with Gasteiger partial charge in [0.25, 0.3) is 10.0 Å². The molecule has 1 heterocycles. The van der Waals surface area contributed by atoms with Crippen LogP contribution >= 0.6 is 0 Å². The molecule has 0 saturated heterocycles. The number of sulfonamides is 1. The first-order chi connectivity index (χ1) is 18.0. The van der Waals surface area contributed by atoms with Crippen LogP contribution in [0.25, 0.3) is 10.9 Å². The highest BCUT2D eigenvalue weighted by Gasteiger charge is 2.20. The van der Waals surface area contributed by atoms with Crippen molar-refractivity contribution in [3.05, 3.63) is 90.6 Å². The third-order valence-electron chi connectivity index (χ3n) is 6.28. The Morgan fingerprint density at radius 2 is 1.79 bits per heavy atom. The minimum atomic E-state index is -3.73. The summed E-state index contributed by atoms with van der Waals surface area (Å²) in [5, 5.41) is 23.9. The van der Waals surface area contributed by atoms with Gasteiger partial charge < -0.3 is 24.8 Å². The minimum Gasteiger partial charge on any atom is -0.449 e. The number of ether oxygens (including phenoxy) is 1. The smallest absolute Gasteiger partial charge is 0.449 e. The van der Waals surface area contributed by atoms with Crippen molar-refractivity contribution in [1.82, 2.24) is 9.88 Å². The Bertz CT molecular complexity index is 1520. The Labute approximate surface area is 221 Å². The summed E-state index contributed by atoms with van der Waals surface area (Å²) < 4.78 is 34.6. The van der Waals surface area contributed by atoms with E-state index in [2.05, 4.69) is 28.5 Å². The van der Waals surface area contributed by atoms with Gasteiger partial charge in [-0.25, -0.2) is 13.2 Å². The lowest BCUT2D eigenvalue weighted by atomic mass is 9.99. The molecule has 1 atom stereocenters. The number of anilines is 1. The third kappa shape index (κ3) is 6.91. The first-order valence-corrected chi connectivity index (χ1v) is 13.6. The summed E-state index contributed by atoms with van der Waals surface area (Å²) in [7, 11) is -3.73. The number of benzene rings is 3. The number of nitrogens with zero attached hydrogens (tertiary/aromatic N) is 1. The molecule has 9 nitrogen and oxygen atoms in total. The van der Waals surface area contributed by atoms with Crippen LogP contribution in [0.4, 0.5) is 10.5 Å². The summed E-state index contributed by atoms with van der Waals surface area (Å²) in [6.45, 7) is 5.09. The molecule has 0 unspecified atom stereocenters. The van der Waals surface area contributed by atoms with Gasteiger partial charge in [0.2, 0.25) is 0 Å². The van der Waals surface area contributed by atoms with E-state index in [1.807, 2.05) is 18.3 Å². The molecule has 0 spiro atoms. The molecule has 0 saturated carbocycles. The average molecular weight is 538 g/mol. The van der Waals surface area contributed by atoms with Crippen molar-refractivity contribution in [1.29, 1.82) is 0 Å². The molecule has 0 aliphatic rings. The van der Waals surface area contributed by atoms with Crippen molar-refractivity contribution >= 4 is 32.8 Å². The van der Waals surface area contributed by atoms with Crippen LogP contribution in [0.2, 0.25) is 0 Å². The van der Waals surface area contributed by atoms with Gasteiger partial charge >= 0.3 is 6.16 Å². The lowest BCUT2D eigenvalue weighted by Crippen LogP contribution is -2.42. The molecule has 4 rings (SSSR count). The number of fused-ring (bicyclic) bond motifs is 1. The Hall–Kier alpha value is -3.86. The molecule has 1 aromatic heterocycles. The fourth-order valence-corrected chi connectivity index (χ4v) is 5.21. The molecule has 38 heavy (non-hydrogen) atoms. The zero-order chi connectivity index (χ0) is 27.3. The Kier molecular flexibility index (Phi) is 8.05. The van der Waals surface area contributed by atoms with Crippen LogP contribution in [0.3, 0.4) is 0 Å². The second-order valence-corrected chi connectivity index (χ2v) is 11.4. The van der Waals surface area contributed by atoms with Gasteiger partial charge in [-0.05, 0) is 74.4 Å². The van der Waals surface area contributed by atoms with Crippen LogP contribution in [-0.2, 0) is 16.6 Å². The number of hydrogen-bond acceptors (Lipinski definition) is 6. The average Bonchev–Trinajstić information content (AvgIpc) is 3.28. The summed E-state index contributed by atoms with van der Waals surface area (Å²) in [6.07, 6.45) is 0.519. The molecular formula is C28H31N3O6S. The zero-order valence-corrected chi connectivity index (χ0v) is 22.0. The number of aromatic nitrogens is 1. The third-order valence-corrected chi connectivity index (χ3v) is 7.67. The summed E-state index contributed by atoms with van der Waals surface area (Å²) in [6, 6.07) is 21.9. The van der Waals surface area contributed by atoms with E-state index in [-0.39, 0.29) is 22.7 Å². The Morgan fingerprint density at radius 1 is 1.03 bits per heavy atom. The Balaban J connectivity index is 1.34. The molecule has 4 aromatic rings. The van der Waals surface area contributed by atoms with Gasteiger partial charge in [0.05, 0.1) is 11.0 Å². The van der Waals surface area contributed by atoms with E-state index in [1.54, 1.807) is 54.6 Å². The van der Waals surface area contributed by atoms with Crippen LogP contribution < -0.4 is 14.8 Å². The van der Waals surface area contributed by atoms with Crippen molar-refractivity contribution in [3.63, 3.8) is 0 Å². The molecule has 0 radical (unpaired) electrons. The minimum absolute atomic E-state index is 0.166. The molecule has 200 valence electrons. The lowest BCUT2D eigenvalue weighted by Gasteiger charge is -2.28. The normalized spacial score (nSPS) is 12.8. The highest BCUT2D eigenvalue weighted by molar-refractivity contribution is 7.92. The van der Waals surface area contributed by atoms with E-state index in [0.717, 1.165) is 17.3 Å². The second kappa shape index (κ2) is 11.3. The number of aliphatic hydroxyl groups excluding tert-OH is 1. The van der Waals surface area contributed by atoms with E-state index >= 15 is 0 Å². The van der Waals surface area contributed by atoms with Crippen molar-refractivity contribution in [2.75, 3.05) is 11.3 Å². The van der Waals surface area contributed by atoms with Crippen molar-refractivity contribution in [3.8, 4) is 5.75 Å². The van der Waals surface area contributed by atoms with E-state index < -0.39 is 22.3 Å². The van der Waals surface area contributed by atoms with Crippen LogP contribution in [0, 0.1) is 0 Å². The number of hydrogen-bond donors (Lipinski definition) is 4. The van der Waals surface area contributed by atoms with Crippen molar-refractivity contribution in [2.45, 2.75) is 43.4 Å². The molecule has 0 fully saturated rings. The number of carboxylic acid groups (broad SMARTS) is 1. The predicted molar refractivity (Wildman–Crippen MR) is 146 cm³/mol. The summed E-state index contributed by atoms with van der Waals surface area (Å²) in [4.78, 5) is 10.9. The SMILES string of the molecule is CC(C)(CCn1ccc2cc(OC(=O)O)ccc21)NC[C@H](O)c1cccc(NS(=O)(=O)c2ccccc2)c1. The van der Waals surface area contributed by atoms with Gasteiger partial charge in [-0.2, -0.15) is 0 Å². The fraction of sp³-hybridized carbons (Fsp3) is 0.250. The molecule has 0 aliphatic heterocycles. The maximum atomic E-state index is 12.6. The van der Waals surface area contributed by atoms with Gasteiger partial charge in [-0.1, -0.05) is 30.3 Å². The van der Waals surface area contributed by atoms with E-state index in [0.29, 0.717) is 17.8 Å². The van der Waals surface area contributed by atoms with Gasteiger partial charge in [-0.15, -0.1) is 0 Å². The quantitative estimate of drug-likeness (QED) is 0.157. The molecule has 3 aromatic carbocycles. The van der Waals surface area contributed by atoms with Crippen molar-refractivity contribution in [2.24, 2.45) is 0 Å². The zero-order valence-electron chi connectivity index (χ0n) is 21.2. The standard InChI is InChI=1S/C28H31N3O6S/c1-28(2,14-16-31-15-13-20-18-23(37-27(33)34)11-12-25(20)31)29-19-26(32)21-7-6-8-22(17-21)30-38(35,36)24-9-4-3-5-10-24/h3-13,15,17-18,26,29-30,32H,14,16,19H2,1-2H3,(H,33,34)/t26-/m0/s1. The molecule has 0 aliphatic carbocycles. The van der Waals surface area contributed by atoms with Gasteiger partial charge in [0.15, 0.2) is 0 Å². The molecule has 10 heteroatoms. The predicted octanol–water partition coefficient (Wildman–Crippen LogP) is 4.99. The maximum Gasteiger partial charge on any atom is 0.511 e. The first-order valence-electron chi connectivity index (χ1n) is 12.1. The molecular weight excluding hydrogens is 506 g/mol. The number of nitrogens with one attached hydrogen (secondary N) is 2. The highest BCUT2D eigenvalue weighted by Crippen LogP contribution is 2.24.